The minimum atomic E-state index is -3.59. The number of likely N-dealkylation sites (tertiary alicyclic amines) is 1. The number of halogens is 1. The largest absolute Gasteiger partial charge is 0.330 e. The van der Waals surface area contributed by atoms with Crippen LogP contribution in [0, 0.1) is 6.92 Å². The monoisotopic (exact) mass is 580 g/mol. The molecule has 210 valence electrons. The van der Waals surface area contributed by atoms with E-state index in [1.165, 1.54) is 17.7 Å². The van der Waals surface area contributed by atoms with Gasteiger partial charge in [-0.1, -0.05) is 41.9 Å². The van der Waals surface area contributed by atoms with E-state index in [0.29, 0.717) is 30.2 Å². The molecule has 40 heavy (non-hydrogen) atoms. The number of aryl methyl sites for hydroxylation is 1. The van der Waals surface area contributed by atoms with Crippen LogP contribution in [-0.2, 0) is 16.4 Å². The summed E-state index contributed by atoms with van der Waals surface area (Å²) in [6, 6.07) is 16.4. The topological polar surface area (TPSA) is 123 Å². The highest BCUT2D eigenvalue weighted by molar-refractivity contribution is 7.92. The van der Waals surface area contributed by atoms with E-state index in [-0.39, 0.29) is 29.1 Å². The number of anilines is 1. The van der Waals surface area contributed by atoms with Gasteiger partial charge in [0, 0.05) is 35.4 Å². The van der Waals surface area contributed by atoms with Crippen molar-refractivity contribution in [3.05, 3.63) is 93.9 Å². The maximum atomic E-state index is 13.8. The van der Waals surface area contributed by atoms with Gasteiger partial charge in [0.2, 0.25) is 10.0 Å². The number of piperidine rings is 1. The van der Waals surface area contributed by atoms with Gasteiger partial charge in [0.05, 0.1) is 29.2 Å². The number of hydrogen-bond acceptors (Lipinski definition) is 6. The van der Waals surface area contributed by atoms with E-state index in [4.69, 9.17) is 27.4 Å². The Labute approximate surface area is 239 Å². The summed E-state index contributed by atoms with van der Waals surface area (Å²) in [5.74, 6) is -0.148. The zero-order chi connectivity index (χ0) is 28.4. The lowest BCUT2D eigenvalue weighted by atomic mass is 9.93. The second kappa shape index (κ2) is 11.6. The fourth-order valence-electron chi connectivity index (χ4n) is 5.35. The quantitative estimate of drug-likeness (QED) is 0.311. The summed E-state index contributed by atoms with van der Waals surface area (Å²) in [6.45, 7) is 3.06. The summed E-state index contributed by atoms with van der Waals surface area (Å²) in [5, 5.41) is 5.17. The molecule has 0 saturated carbocycles. The third-order valence-corrected chi connectivity index (χ3v) is 8.19. The van der Waals surface area contributed by atoms with Crippen molar-refractivity contribution in [1.29, 1.82) is 0 Å². The van der Waals surface area contributed by atoms with E-state index < -0.39 is 10.0 Å². The fraction of sp³-hybridized carbons (Fsp3) is 0.345. The zero-order valence-corrected chi connectivity index (χ0v) is 24.1. The molecule has 1 aliphatic rings. The standard InChI is InChI=1S/C29H33ClN6O3S/c1-19-18-36-28(32-25(19)14-21(17-31)20-8-4-3-5-9-20)16-26(33-36)27-10-6-7-13-35(27)29(37)23-15-22(30)11-12-24(23)34-40(2,38)39/h3-5,8-9,11-12,15-16,18,21,27,34H,6-7,10,13-14,17,31H2,1-2H3/t21?,27-/m0/s1. The molecule has 1 aliphatic heterocycles. The molecule has 4 aromatic rings. The highest BCUT2D eigenvalue weighted by Crippen LogP contribution is 2.34. The first-order chi connectivity index (χ1) is 19.1. The molecule has 0 spiro atoms. The number of sulfonamides is 1. The normalized spacial score (nSPS) is 16.7. The SMILES string of the molecule is Cc1cn2nc([C@@H]3CCCCN3C(=O)c3cc(Cl)ccc3NS(C)(=O)=O)cc2nc1CC(CN)c1ccccc1. The van der Waals surface area contributed by atoms with Crippen LogP contribution in [0.25, 0.3) is 5.65 Å². The predicted octanol–water partition coefficient (Wildman–Crippen LogP) is 4.72. The first-order valence-corrected chi connectivity index (χ1v) is 15.6. The lowest BCUT2D eigenvalue weighted by Crippen LogP contribution is -2.39. The van der Waals surface area contributed by atoms with Crippen LogP contribution in [0.1, 0.15) is 64.1 Å². The average Bonchev–Trinajstić information content (AvgIpc) is 3.34. The highest BCUT2D eigenvalue weighted by Gasteiger charge is 2.32. The number of fused-ring (bicyclic) bond motifs is 1. The number of hydrogen-bond donors (Lipinski definition) is 2. The minimum Gasteiger partial charge on any atom is -0.330 e. The maximum Gasteiger partial charge on any atom is 0.256 e. The smallest absolute Gasteiger partial charge is 0.256 e. The van der Waals surface area contributed by atoms with Gasteiger partial charge >= 0.3 is 0 Å². The van der Waals surface area contributed by atoms with Crippen LogP contribution in [-0.4, -0.2) is 53.2 Å². The summed E-state index contributed by atoms with van der Waals surface area (Å²) in [6.07, 6.45) is 6.25. The minimum absolute atomic E-state index is 0.149. The summed E-state index contributed by atoms with van der Waals surface area (Å²) >= 11 is 6.21. The molecule has 0 radical (unpaired) electrons. The number of nitrogens with zero attached hydrogens (tertiary/aromatic N) is 4. The number of nitrogens with one attached hydrogen (secondary N) is 1. The molecule has 0 aliphatic carbocycles. The van der Waals surface area contributed by atoms with E-state index in [0.717, 1.165) is 42.5 Å². The summed E-state index contributed by atoms with van der Waals surface area (Å²) in [5.41, 5.74) is 11.2. The van der Waals surface area contributed by atoms with Gasteiger partial charge in [-0.15, -0.1) is 0 Å². The van der Waals surface area contributed by atoms with Crippen molar-refractivity contribution in [2.24, 2.45) is 5.73 Å². The lowest BCUT2D eigenvalue weighted by molar-refractivity contribution is 0.0607. The molecule has 3 heterocycles. The Morgan fingerprint density at radius 1 is 1.18 bits per heavy atom. The summed E-state index contributed by atoms with van der Waals surface area (Å²) < 4.78 is 28.1. The Kier molecular flexibility index (Phi) is 8.11. The maximum absolute atomic E-state index is 13.8. The van der Waals surface area contributed by atoms with Crippen LogP contribution in [0.15, 0.2) is 60.8 Å². The van der Waals surface area contributed by atoms with Gasteiger partial charge < -0.3 is 10.6 Å². The predicted molar refractivity (Wildman–Crippen MR) is 157 cm³/mol. The van der Waals surface area contributed by atoms with Gasteiger partial charge in [-0.05, 0) is 68.5 Å². The van der Waals surface area contributed by atoms with E-state index >= 15 is 0 Å². The first-order valence-electron chi connectivity index (χ1n) is 13.3. The van der Waals surface area contributed by atoms with Gasteiger partial charge in [-0.25, -0.2) is 17.9 Å². The molecule has 2 aromatic heterocycles. The van der Waals surface area contributed by atoms with Crippen LogP contribution < -0.4 is 10.5 Å². The molecule has 11 heteroatoms. The lowest BCUT2D eigenvalue weighted by Gasteiger charge is -2.35. The van der Waals surface area contributed by atoms with Crippen LogP contribution in [0.5, 0.6) is 0 Å². The first kappa shape index (κ1) is 28.1. The zero-order valence-electron chi connectivity index (χ0n) is 22.5. The summed E-state index contributed by atoms with van der Waals surface area (Å²) in [7, 11) is -3.59. The van der Waals surface area contributed by atoms with Crippen molar-refractivity contribution in [3.8, 4) is 0 Å². The molecule has 2 aromatic carbocycles. The highest BCUT2D eigenvalue weighted by atomic mass is 35.5. The Morgan fingerprint density at radius 3 is 2.67 bits per heavy atom. The van der Waals surface area contributed by atoms with E-state index in [1.54, 1.807) is 15.5 Å². The van der Waals surface area contributed by atoms with Crippen molar-refractivity contribution in [3.63, 3.8) is 0 Å². The van der Waals surface area contributed by atoms with Crippen molar-refractivity contribution in [2.75, 3.05) is 24.1 Å². The molecule has 1 saturated heterocycles. The molecule has 2 atom stereocenters. The van der Waals surface area contributed by atoms with Gasteiger partial charge in [-0.3, -0.25) is 9.52 Å². The molecule has 1 unspecified atom stereocenters. The van der Waals surface area contributed by atoms with E-state index in [1.807, 2.05) is 37.4 Å². The van der Waals surface area contributed by atoms with E-state index in [2.05, 4.69) is 16.9 Å². The molecule has 3 N–H and O–H groups in total. The Balaban J connectivity index is 1.46. The Hall–Kier alpha value is -3.47. The number of rotatable bonds is 8. The molecular formula is C29H33ClN6O3S. The second-order valence-electron chi connectivity index (χ2n) is 10.4. The van der Waals surface area contributed by atoms with Crippen molar-refractivity contribution < 1.29 is 13.2 Å². The second-order valence-corrected chi connectivity index (χ2v) is 12.5. The number of benzene rings is 2. The average molecular weight is 581 g/mol. The van der Waals surface area contributed by atoms with Crippen LogP contribution in [0.2, 0.25) is 5.02 Å². The molecular weight excluding hydrogens is 548 g/mol. The van der Waals surface area contributed by atoms with Crippen LogP contribution in [0.4, 0.5) is 5.69 Å². The van der Waals surface area contributed by atoms with Gasteiger partial charge in [0.25, 0.3) is 5.91 Å². The molecule has 9 nitrogen and oxygen atoms in total. The third-order valence-electron chi connectivity index (χ3n) is 7.36. The fourth-order valence-corrected chi connectivity index (χ4v) is 6.10. The van der Waals surface area contributed by atoms with Crippen molar-refractivity contribution in [1.82, 2.24) is 19.5 Å². The van der Waals surface area contributed by atoms with Crippen molar-refractivity contribution in [2.45, 2.75) is 44.6 Å². The number of nitrogens with two attached hydrogens (primary N) is 1. The number of aromatic nitrogens is 3. The Bertz CT molecular complexity index is 1640. The van der Waals surface area contributed by atoms with Crippen molar-refractivity contribution >= 4 is 38.9 Å². The van der Waals surface area contributed by atoms with Gasteiger partial charge in [0.1, 0.15) is 0 Å². The van der Waals surface area contributed by atoms with Crippen LogP contribution in [0.3, 0.4) is 0 Å². The van der Waals surface area contributed by atoms with E-state index in [9.17, 15) is 13.2 Å². The molecule has 0 bridgehead atoms. The Morgan fingerprint density at radius 2 is 1.95 bits per heavy atom. The molecule has 1 amide bonds. The third kappa shape index (κ3) is 6.14. The number of amides is 1. The van der Waals surface area contributed by atoms with Gasteiger partial charge in [0.15, 0.2) is 5.65 Å². The summed E-state index contributed by atoms with van der Waals surface area (Å²) in [4.78, 5) is 20.5. The molecule has 1 fully saturated rings. The number of carbonyl (C=O) groups is 1. The van der Waals surface area contributed by atoms with Crippen LogP contribution >= 0.6 is 11.6 Å². The van der Waals surface area contributed by atoms with Gasteiger partial charge in [-0.2, -0.15) is 5.10 Å². The molecule has 5 rings (SSSR count). The number of carbonyl (C=O) groups excluding carboxylic acids is 1.